The van der Waals surface area contributed by atoms with Gasteiger partial charge in [-0.3, -0.25) is 9.48 Å². The summed E-state index contributed by atoms with van der Waals surface area (Å²) in [7, 11) is 1.82. The first kappa shape index (κ1) is 13.6. The van der Waals surface area contributed by atoms with Gasteiger partial charge in [0.25, 0.3) is 0 Å². The number of hydrogen-bond donors (Lipinski definition) is 2. The average molecular weight is 239 g/mol. The van der Waals surface area contributed by atoms with Crippen molar-refractivity contribution in [2.24, 2.45) is 18.7 Å². The largest absolute Gasteiger partial charge is 0.355 e. The molecule has 1 heterocycles. The van der Waals surface area contributed by atoms with E-state index in [1.807, 2.05) is 14.0 Å². The molecule has 3 N–H and O–H groups in total. The molecule has 0 aliphatic heterocycles. The molecule has 0 bridgehead atoms. The number of hydrogen-bond acceptors (Lipinski definition) is 4. The summed E-state index contributed by atoms with van der Waals surface area (Å²) in [5, 5.41) is 7.02. The minimum Gasteiger partial charge on any atom is -0.355 e. The van der Waals surface area contributed by atoms with Crippen LogP contribution in [0.2, 0.25) is 0 Å². The lowest BCUT2D eigenvalue weighted by Gasteiger charge is -2.10. The summed E-state index contributed by atoms with van der Waals surface area (Å²) in [4.78, 5) is 15.7. The zero-order valence-corrected chi connectivity index (χ0v) is 10.5. The topological polar surface area (TPSA) is 85.8 Å². The van der Waals surface area contributed by atoms with Crippen molar-refractivity contribution in [1.29, 1.82) is 0 Å². The van der Waals surface area contributed by atoms with E-state index in [0.717, 1.165) is 18.7 Å². The fraction of sp³-hybridized carbons (Fsp3) is 0.727. The monoisotopic (exact) mass is 239 g/mol. The molecule has 1 aromatic heterocycles. The van der Waals surface area contributed by atoms with Gasteiger partial charge in [0.2, 0.25) is 5.91 Å². The van der Waals surface area contributed by atoms with Crippen LogP contribution >= 0.6 is 0 Å². The smallest absolute Gasteiger partial charge is 0.222 e. The van der Waals surface area contributed by atoms with Gasteiger partial charge in [-0.15, -0.1) is 0 Å². The zero-order chi connectivity index (χ0) is 12.7. The molecule has 6 heteroatoms. The molecule has 1 rings (SSSR count). The number of aryl methyl sites for hydroxylation is 1. The van der Waals surface area contributed by atoms with Gasteiger partial charge in [0, 0.05) is 25.9 Å². The normalized spacial score (nSPS) is 12.4. The number of aromatic nitrogens is 3. The van der Waals surface area contributed by atoms with Crippen LogP contribution in [0.25, 0.3) is 0 Å². The maximum Gasteiger partial charge on any atom is 0.222 e. The van der Waals surface area contributed by atoms with Crippen LogP contribution in [-0.4, -0.2) is 33.8 Å². The molecule has 1 amide bonds. The van der Waals surface area contributed by atoms with Crippen LogP contribution in [0.3, 0.4) is 0 Å². The molecule has 0 aromatic carbocycles. The highest BCUT2D eigenvalue weighted by Crippen LogP contribution is 2.04. The highest BCUT2D eigenvalue weighted by molar-refractivity contribution is 5.78. The fourth-order valence-corrected chi connectivity index (χ4v) is 1.53. The predicted molar refractivity (Wildman–Crippen MR) is 65.2 cm³/mol. The molecule has 0 radical (unpaired) electrons. The van der Waals surface area contributed by atoms with Crippen molar-refractivity contribution >= 4 is 5.91 Å². The van der Waals surface area contributed by atoms with Crippen LogP contribution in [0.4, 0.5) is 0 Å². The lowest BCUT2D eigenvalue weighted by Crippen LogP contribution is -2.31. The molecule has 0 saturated heterocycles. The van der Waals surface area contributed by atoms with E-state index >= 15 is 0 Å². The van der Waals surface area contributed by atoms with Crippen molar-refractivity contribution in [3.8, 4) is 0 Å². The van der Waals surface area contributed by atoms with Crippen LogP contribution in [0.1, 0.15) is 25.6 Å². The third kappa shape index (κ3) is 4.95. The first-order valence-electron chi connectivity index (χ1n) is 5.95. The predicted octanol–water partition coefficient (Wildman–Crippen LogP) is -0.151. The molecule has 6 nitrogen and oxygen atoms in total. The summed E-state index contributed by atoms with van der Waals surface area (Å²) >= 11 is 0. The summed E-state index contributed by atoms with van der Waals surface area (Å²) in [5.74, 6) is 0.854. The summed E-state index contributed by atoms with van der Waals surface area (Å²) in [5.41, 5.74) is 5.40. The van der Waals surface area contributed by atoms with Gasteiger partial charge in [0.05, 0.1) is 0 Å². The Labute approximate surface area is 102 Å². The Morgan fingerprint density at radius 1 is 1.65 bits per heavy atom. The summed E-state index contributed by atoms with van der Waals surface area (Å²) in [6.45, 7) is 3.13. The van der Waals surface area contributed by atoms with Gasteiger partial charge in [-0.25, -0.2) is 4.98 Å². The van der Waals surface area contributed by atoms with Crippen LogP contribution in [0, 0.1) is 5.92 Å². The van der Waals surface area contributed by atoms with Crippen molar-refractivity contribution < 1.29 is 4.79 Å². The number of carbonyl (C=O) groups is 1. The van der Waals surface area contributed by atoms with Gasteiger partial charge >= 0.3 is 0 Å². The van der Waals surface area contributed by atoms with E-state index in [2.05, 4.69) is 15.4 Å². The molecule has 0 saturated carbocycles. The minimum atomic E-state index is 0.0234. The molecular formula is C11H21N5O. The Morgan fingerprint density at radius 3 is 3.00 bits per heavy atom. The van der Waals surface area contributed by atoms with Crippen LogP contribution in [0.15, 0.2) is 6.33 Å². The van der Waals surface area contributed by atoms with Crippen LogP contribution in [0.5, 0.6) is 0 Å². The molecule has 0 spiro atoms. The van der Waals surface area contributed by atoms with E-state index in [1.54, 1.807) is 11.0 Å². The van der Waals surface area contributed by atoms with E-state index in [1.165, 1.54) is 0 Å². The third-order valence-electron chi connectivity index (χ3n) is 2.58. The Morgan fingerprint density at radius 2 is 2.41 bits per heavy atom. The second-order valence-corrected chi connectivity index (χ2v) is 4.21. The van der Waals surface area contributed by atoms with Gasteiger partial charge in [0.15, 0.2) is 5.82 Å². The molecule has 0 aliphatic rings. The molecule has 1 atom stereocenters. The standard InChI is InChI=1S/C11H21N5O/c1-9(4-3-6-12)11(17)13-7-5-10-14-8-16(2)15-10/h8-9H,3-7,12H2,1-2H3,(H,13,17). The summed E-state index contributed by atoms with van der Waals surface area (Å²) in [6, 6.07) is 0. The molecule has 0 aliphatic carbocycles. The van der Waals surface area contributed by atoms with Gasteiger partial charge in [-0.1, -0.05) is 6.92 Å². The van der Waals surface area contributed by atoms with Crippen molar-refractivity contribution in [1.82, 2.24) is 20.1 Å². The van der Waals surface area contributed by atoms with Gasteiger partial charge in [-0.2, -0.15) is 5.10 Å². The molecule has 0 fully saturated rings. The van der Waals surface area contributed by atoms with E-state index in [9.17, 15) is 4.79 Å². The Hall–Kier alpha value is -1.43. The van der Waals surface area contributed by atoms with Crippen LogP contribution < -0.4 is 11.1 Å². The van der Waals surface area contributed by atoms with E-state index in [-0.39, 0.29) is 11.8 Å². The second-order valence-electron chi connectivity index (χ2n) is 4.21. The maximum atomic E-state index is 11.6. The first-order chi connectivity index (χ1) is 8.13. The van der Waals surface area contributed by atoms with E-state index in [0.29, 0.717) is 19.5 Å². The van der Waals surface area contributed by atoms with Gasteiger partial charge < -0.3 is 11.1 Å². The third-order valence-corrected chi connectivity index (χ3v) is 2.58. The summed E-state index contributed by atoms with van der Waals surface area (Å²) in [6.07, 6.45) is 4.04. The number of rotatable bonds is 7. The number of nitrogens with one attached hydrogen (secondary N) is 1. The fourth-order valence-electron chi connectivity index (χ4n) is 1.53. The van der Waals surface area contributed by atoms with Gasteiger partial charge in [0.1, 0.15) is 6.33 Å². The first-order valence-corrected chi connectivity index (χ1v) is 5.95. The minimum absolute atomic E-state index is 0.0234. The lowest BCUT2D eigenvalue weighted by molar-refractivity contribution is -0.124. The number of amides is 1. The van der Waals surface area contributed by atoms with Crippen molar-refractivity contribution in [2.45, 2.75) is 26.2 Å². The molecule has 1 unspecified atom stereocenters. The molecular weight excluding hydrogens is 218 g/mol. The Kier molecular flexibility index (Phi) is 5.62. The average Bonchev–Trinajstić information content (AvgIpc) is 2.71. The molecule has 1 aromatic rings. The molecule has 17 heavy (non-hydrogen) atoms. The van der Waals surface area contributed by atoms with Crippen molar-refractivity contribution in [3.63, 3.8) is 0 Å². The van der Waals surface area contributed by atoms with E-state index < -0.39 is 0 Å². The lowest BCUT2D eigenvalue weighted by atomic mass is 10.1. The van der Waals surface area contributed by atoms with E-state index in [4.69, 9.17) is 5.73 Å². The number of nitrogens with two attached hydrogens (primary N) is 1. The van der Waals surface area contributed by atoms with Gasteiger partial charge in [-0.05, 0) is 19.4 Å². The highest BCUT2D eigenvalue weighted by atomic mass is 16.1. The zero-order valence-electron chi connectivity index (χ0n) is 10.5. The van der Waals surface area contributed by atoms with Crippen molar-refractivity contribution in [3.05, 3.63) is 12.2 Å². The number of carbonyl (C=O) groups excluding carboxylic acids is 1. The Bertz CT molecular complexity index is 349. The maximum absolute atomic E-state index is 11.6. The Balaban J connectivity index is 2.19. The summed E-state index contributed by atoms with van der Waals surface area (Å²) < 4.78 is 1.65. The number of nitrogens with zero attached hydrogens (tertiary/aromatic N) is 3. The van der Waals surface area contributed by atoms with Crippen LogP contribution in [-0.2, 0) is 18.3 Å². The molecule has 96 valence electrons. The SMILES string of the molecule is CC(CCCN)C(=O)NCCc1ncn(C)n1. The quantitative estimate of drug-likeness (QED) is 0.693. The highest BCUT2D eigenvalue weighted by Gasteiger charge is 2.11. The van der Waals surface area contributed by atoms with Crippen molar-refractivity contribution in [2.75, 3.05) is 13.1 Å². The second kappa shape index (κ2) is 7.01.